The maximum Gasteiger partial charge on any atom is 0.311 e. The molecule has 2 fully saturated rings. The summed E-state index contributed by atoms with van der Waals surface area (Å²) in [7, 11) is 0. The molecule has 5 nitrogen and oxygen atoms in total. The van der Waals surface area contributed by atoms with E-state index in [1.54, 1.807) is 4.90 Å². The molecule has 2 saturated heterocycles. The highest BCUT2D eigenvalue weighted by Crippen LogP contribution is 2.36. The van der Waals surface area contributed by atoms with E-state index in [4.69, 9.17) is 0 Å². The van der Waals surface area contributed by atoms with Gasteiger partial charge in [-0.1, -0.05) is 20.3 Å². The molecule has 2 aliphatic rings. The molecule has 108 valence electrons. The van der Waals surface area contributed by atoms with E-state index in [-0.39, 0.29) is 11.8 Å². The van der Waals surface area contributed by atoms with Crippen LogP contribution in [0.4, 0.5) is 0 Å². The first-order chi connectivity index (χ1) is 9.00. The summed E-state index contributed by atoms with van der Waals surface area (Å²) in [5.41, 5.74) is -0.709. The van der Waals surface area contributed by atoms with E-state index < -0.39 is 11.4 Å². The fourth-order valence-corrected chi connectivity index (χ4v) is 3.40. The summed E-state index contributed by atoms with van der Waals surface area (Å²) in [5.74, 6) is -0.247. The Morgan fingerprint density at radius 1 is 1.42 bits per heavy atom. The van der Waals surface area contributed by atoms with Crippen molar-refractivity contribution in [1.29, 1.82) is 0 Å². The minimum atomic E-state index is -0.748. The van der Waals surface area contributed by atoms with Crippen molar-refractivity contribution in [3.8, 4) is 0 Å². The third-order valence-electron chi connectivity index (χ3n) is 4.68. The summed E-state index contributed by atoms with van der Waals surface area (Å²) < 4.78 is 0. The van der Waals surface area contributed by atoms with E-state index in [9.17, 15) is 14.7 Å². The molecule has 3 atom stereocenters. The van der Waals surface area contributed by atoms with Gasteiger partial charge < -0.3 is 15.3 Å². The fourth-order valence-electron chi connectivity index (χ4n) is 3.40. The molecular weight excluding hydrogens is 244 g/mol. The lowest BCUT2D eigenvalue weighted by atomic mass is 9.82. The summed E-state index contributed by atoms with van der Waals surface area (Å²) in [6.07, 6.45) is 2.09. The van der Waals surface area contributed by atoms with E-state index in [0.29, 0.717) is 31.8 Å². The highest BCUT2D eigenvalue weighted by Gasteiger charge is 2.47. The molecule has 5 heteroatoms. The van der Waals surface area contributed by atoms with Gasteiger partial charge in [-0.05, 0) is 25.3 Å². The molecule has 2 N–H and O–H groups in total. The lowest BCUT2D eigenvalue weighted by Gasteiger charge is -2.26. The molecule has 0 aromatic carbocycles. The molecule has 0 saturated carbocycles. The van der Waals surface area contributed by atoms with Crippen LogP contribution in [0, 0.1) is 17.3 Å². The van der Waals surface area contributed by atoms with Crippen molar-refractivity contribution in [3.05, 3.63) is 0 Å². The molecule has 0 aromatic rings. The Morgan fingerprint density at radius 2 is 2.16 bits per heavy atom. The van der Waals surface area contributed by atoms with Crippen LogP contribution in [0.25, 0.3) is 0 Å². The zero-order chi connectivity index (χ0) is 14.0. The smallest absolute Gasteiger partial charge is 0.311 e. The van der Waals surface area contributed by atoms with Crippen LogP contribution in [0.2, 0.25) is 0 Å². The van der Waals surface area contributed by atoms with Crippen molar-refractivity contribution in [2.75, 3.05) is 26.2 Å². The Morgan fingerprint density at radius 3 is 2.68 bits per heavy atom. The summed E-state index contributed by atoms with van der Waals surface area (Å²) in [4.78, 5) is 25.8. The molecule has 2 aliphatic heterocycles. The molecule has 0 radical (unpaired) electrons. The third-order valence-corrected chi connectivity index (χ3v) is 4.68. The molecule has 2 rings (SSSR count). The Bertz CT molecular complexity index is 372. The van der Waals surface area contributed by atoms with Gasteiger partial charge >= 0.3 is 5.97 Å². The second-order valence-corrected chi connectivity index (χ2v) is 6.09. The van der Waals surface area contributed by atoms with Gasteiger partial charge in [-0.3, -0.25) is 9.59 Å². The molecule has 19 heavy (non-hydrogen) atoms. The molecule has 0 spiro atoms. The number of aliphatic carboxylic acids is 1. The largest absolute Gasteiger partial charge is 0.481 e. The number of hydrogen-bond acceptors (Lipinski definition) is 3. The van der Waals surface area contributed by atoms with Crippen molar-refractivity contribution in [3.63, 3.8) is 0 Å². The van der Waals surface area contributed by atoms with Crippen LogP contribution in [0.3, 0.4) is 0 Å². The zero-order valence-electron chi connectivity index (χ0n) is 11.8. The number of hydrogen-bond donors (Lipinski definition) is 2. The van der Waals surface area contributed by atoms with Gasteiger partial charge in [0.25, 0.3) is 0 Å². The molecule has 0 bridgehead atoms. The van der Waals surface area contributed by atoms with Gasteiger partial charge in [0.05, 0.1) is 11.3 Å². The van der Waals surface area contributed by atoms with Gasteiger partial charge in [-0.2, -0.15) is 0 Å². The first-order valence-electron chi connectivity index (χ1n) is 7.23. The van der Waals surface area contributed by atoms with E-state index in [1.807, 2.05) is 6.92 Å². The number of carbonyl (C=O) groups excluding carboxylic acids is 1. The van der Waals surface area contributed by atoms with Crippen molar-refractivity contribution in [2.45, 2.75) is 33.1 Å². The summed E-state index contributed by atoms with van der Waals surface area (Å²) >= 11 is 0. The molecule has 0 aliphatic carbocycles. The predicted octanol–water partition coefficient (Wildman–Crippen LogP) is 0.945. The van der Waals surface area contributed by atoms with E-state index in [0.717, 1.165) is 19.5 Å². The van der Waals surface area contributed by atoms with Gasteiger partial charge in [0.15, 0.2) is 0 Å². The lowest BCUT2D eigenvalue weighted by Crippen LogP contribution is -2.41. The first-order valence-corrected chi connectivity index (χ1v) is 7.23. The topological polar surface area (TPSA) is 69.6 Å². The third kappa shape index (κ3) is 2.61. The zero-order valence-corrected chi connectivity index (χ0v) is 11.8. The predicted molar refractivity (Wildman–Crippen MR) is 71.7 cm³/mol. The van der Waals surface area contributed by atoms with Crippen LogP contribution in [0.5, 0.6) is 0 Å². The quantitative estimate of drug-likeness (QED) is 0.796. The maximum atomic E-state index is 12.5. The van der Waals surface area contributed by atoms with Gasteiger partial charge in [0, 0.05) is 19.6 Å². The lowest BCUT2D eigenvalue weighted by molar-refractivity contribution is -0.149. The number of likely N-dealkylation sites (tertiary alicyclic amines) is 1. The Balaban J connectivity index is 2.04. The highest BCUT2D eigenvalue weighted by molar-refractivity contribution is 5.82. The van der Waals surface area contributed by atoms with Gasteiger partial charge in [0.2, 0.25) is 5.91 Å². The average Bonchev–Trinajstić information content (AvgIpc) is 2.96. The van der Waals surface area contributed by atoms with Crippen molar-refractivity contribution in [2.24, 2.45) is 17.3 Å². The van der Waals surface area contributed by atoms with Crippen LogP contribution in [0.1, 0.15) is 33.1 Å². The molecule has 0 aromatic heterocycles. The SMILES string of the molecule is CCCC1(C(=O)O)CCN(C(=O)[C@@H]2CNC[C@H]2C)C1. The standard InChI is InChI=1S/C14H24N2O3/c1-3-4-14(13(18)19)5-6-16(9-14)12(17)11-8-15-7-10(11)2/h10-11,15H,3-9H2,1-2H3,(H,18,19)/t10-,11-,14?/m1/s1. The summed E-state index contributed by atoms with van der Waals surface area (Å²) in [5, 5.41) is 12.7. The van der Waals surface area contributed by atoms with E-state index >= 15 is 0 Å². The van der Waals surface area contributed by atoms with E-state index in [2.05, 4.69) is 12.2 Å². The summed E-state index contributed by atoms with van der Waals surface area (Å²) in [6, 6.07) is 0. The second kappa shape index (κ2) is 5.49. The van der Waals surface area contributed by atoms with E-state index in [1.165, 1.54) is 0 Å². The first kappa shape index (κ1) is 14.3. The van der Waals surface area contributed by atoms with Crippen molar-refractivity contribution < 1.29 is 14.7 Å². The molecule has 2 heterocycles. The normalized spacial score (nSPS) is 34.7. The molecule has 1 unspecified atom stereocenters. The number of nitrogens with zero attached hydrogens (tertiary/aromatic N) is 1. The summed E-state index contributed by atoms with van der Waals surface area (Å²) in [6.45, 7) is 6.66. The minimum Gasteiger partial charge on any atom is -0.481 e. The number of carbonyl (C=O) groups is 2. The number of amides is 1. The van der Waals surface area contributed by atoms with Gasteiger partial charge in [-0.15, -0.1) is 0 Å². The molecular formula is C14H24N2O3. The van der Waals surface area contributed by atoms with Crippen LogP contribution in [-0.2, 0) is 9.59 Å². The Labute approximate surface area is 114 Å². The number of carboxylic acids is 1. The minimum absolute atomic E-state index is 0.0196. The van der Waals surface area contributed by atoms with Crippen LogP contribution in [-0.4, -0.2) is 48.1 Å². The van der Waals surface area contributed by atoms with Crippen molar-refractivity contribution in [1.82, 2.24) is 10.2 Å². The van der Waals surface area contributed by atoms with Crippen LogP contribution in [0.15, 0.2) is 0 Å². The Kier molecular flexibility index (Phi) is 4.13. The fraction of sp³-hybridized carbons (Fsp3) is 0.857. The molecule has 1 amide bonds. The monoisotopic (exact) mass is 268 g/mol. The number of carboxylic acid groups (broad SMARTS) is 1. The van der Waals surface area contributed by atoms with Crippen LogP contribution >= 0.6 is 0 Å². The maximum absolute atomic E-state index is 12.5. The number of nitrogens with one attached hydrogen (secondary N) is 1. The van der Waals surface area contributed by atoms with Gasteiger partial charge in [0.1, 0.15) is 0 Å². The average molecular weight is 268 g/mol. The van der Waals surface area contributed by atoms with Gasteiger partial charge in [-0.25, -0.2) is 0 Å². The second-order valence-electron chi connectivity index (χ2n) is 6.09. The van der Waals surface area contributed by atoms with Crippen LogP contribution < -0.4 is 5.32 Å². The van der Waals surface area contributed by atoms with Crippen molar-refractivity contribution >= 4 is 11.9 Å². The highest BCUT2D eigenvalue weighted by atomic mass is 16.4. The number of rotatable bonds is 4. The Hall–Kier alpha value is -1.10.